The van der Waals surface area contributed by atoms with Crippen molar-refractivity contribution in [1.29, 1.82) is 0 Å². The Bertz CT molecular complexity index is 553. The molecular formula is C13H18ClNO4S. The van der Waals surface area contributed by atoms with E-state index in [0.717, 1.165) is 12.8 Å². The Kier molecular flexibility index (Phi) is 6.45. The summed E-state index contributed by atoms with van der Waals surface area (Å²) >= 11 is 0. The molecule has 0 saturated carbocycles. The summed E-state index contributed by atoms with van der Waals surface area (Å²) < 4.78 is 27.5. The predicted octanol–water partition coefficient (Wildman–Crippen LogP) is 2.16. The summed E-state index contributed by atoms with van der Waals surface area (Å²) in [7, 11) is 2.99. The van der Waals surface area contributed by atoms with Crippen molar-refractivity contribution >= 4 is 25.6 Å². The Balaban J connectivity index is 2.86. The molecule has 5 nitrogen and oxygen atoms in total. The van der Waals surface area contributed by atoms with Crippen LogP contribution in [0.25, 0.3) is 0 Å². The van der Waals surface area contributed by atoms with Gasteiger partial charge in [0.15, 0.2) is 0 Å². The molecule has 1 atom stereocenters. The van der Waals surface area contributed by atoms with Crippen molar-refractivity contribution in [2.75, 3.05) is 13.7 Å². The van der Waals surface area contributed by atoms with Gasteiger partial charge in [-0.2, -0.15) is 0 Å². The lowest BCUT2D eigenvalue weighted by Crippen LogP contribution is -2.37. The Morgan fingerprint density at radius 2 is 2.15 bits per heavy atom. The molecule has 0 spiro atoms. The molecule has 0 aliphatic rings. The molecule has 0 saturated heterocycles. The molecule has 0 aliphatic heterocycles. The Morgan fingerprint density at radius 3 is 2.70 bits per heavy atom. The van der Waals surface area contributed by atoms with Gasteiger partial charge < -0.3 is 10.1 Å². The van der Waals surface area contributed by atoms with Gasteiger partial charge in [-0.15, -0.1) is 0 Å². The van der Waals surface area contributed by atoms with Crippen LogP contribution in [0.3, 0.4) is 0 Å². The maximum Gasteiger partial charge on any atom is 0.261 e. The van der Waals surface area contributed by atoms with Gasteiger partial charge in [-0.1, -0.05) is 19.4 Å². The zero-order chi connectivity index (χ0) is 15.2. The predicted molar refractivity (Wildman–Crippen MR) is 77.5 cm³/mol. The van der Waals surface area contributed by atoms with Gasteiger partial charge in [0.05, 0.1) is 17.5 Å². The molecule has 1 aromatic rings. The van der Waals surface area contributed by atoms with Gasteiger partial charge in [0.1, 0.15) is 0 Å². The van der Waals surface area contributed by atoms with E-state index in [0.29, 0.717) is 6.61 Å². The molecular weight excluding hydrogens is 302 g/mol. The molecule has 1 amide bonds. The number of amides is 1. The average molecular weight is 320 g/mol. The summed E-state index contributed by atoms with van der Waals surface area (Å²) in [4.78, 5) is 12.0. The fourth-order valence-electron chi connectivity index (χ4n) is 1.80. The van der Waals surface area contributed by atoms with Crippen LogP contribution in [0.1, 0.15) is 30.1 Å². The molecule has 1 N–H and O–H groups in total. The Morgan fingerprint density at radius 1 is 1.45 bits per heavy atom. The molecule has 0 aromatic heterocycles. The summed E-state index contributed by atoms with van der Waals surface area (Å²) in [5, 5.41) is 2.81. The number of methoxy groups -OCH3 is 1. The highest BCUT2D eigenvalue weighted by atomic mass is 35.7. The number of halogens is 1. The average Bonchev–Trinajstić information content (AvgIpc) is 2.38. The Labute approximate surface area is 123 Å². The molecule has 1 unspecified atom stereocenters. The lowest BCUT2D eigenvalue weighted by Gasteiger charge is -2.17. The van der Waals surface area contributed by atoms with E-state index in [1.54, 1.807) is 7.11 Å². The lowest BCUT2D eigenvalue weighted by atomic mass is 10.1. The minimum absolute atomic E-state index is 0.0920. The quantitative estimate of drug-likeness (QED) is 0.782. The van der Waals surface area contributed by atoms with Crippen LogP contribution in [-0.2, 0) is 13.8 Å². The SMILES string of the molecule is CCCC(COC)NC(=O)c1cccc(S(=O)(=O)Cl)c1. The van der Waals surface area contributed by atoms with Gasteiger partial charge in [-0.05, 0) is 24.6 Å². The first-order valence-electron chi connectivity index (χ1n) is 6.23. The van der Waals surface area contributed by atoms with Crippen LogP contribution < -0.4 is 5.32 Å². The standard InChI is InChI=1S/C13H18ClNO4S/c1-3-5-11(9-19-2)15-13(16)10-6-4-7-12(8-10)20(14,17)18/h4,6-8,11H,3,5,9H2,1-2H3,(H,15,16). The number of carbonyl (C=O) groups is 1. The number of benzene rings is 1. The van der Waals surface area contributed by atoms with Gasteiger partial charge >= 0.3 is 0 Å². The van der Waals surface area contributed by atoms with E-state index < -0.39 is 9.05 Å². The van der Waals surface area contributed by atoms with Crippen molar-refractivity contribution in [1.82, 2.24) is 5.32 Å². The summed E-state index contributed by atoms with van der Waals surface area (Å²) in [6, 6.07) is 5.52. The largest absolute Gasteiger partial charge is 0.383 e. The molecule has 0 bridgehead atoms. The normalized spacial score (nSPS) is 12.9. The summed E-state index contributed by atoms with van der Waals surface area (Å²) in [6.45, 7) is 2.42. The van der Waals surface area contributed by atoms with Gasteiger partial charge in [0.25, 0.3) is 15.0 Å². The Hall–Kier alpha value is -1.11. The number of nitrogens with one attached hydrogen (secondary N) is 1. The van der Waals surface area contributed by atoms with E-state index in [4.69, 9.17) is 15.4 Å². The van der Waals surface area contributed by atoms with Crippen molar-refractivity contribution < 1.29 is 17.9 Å². The van der Waals surface area contributed by atoms with Gasteiger partial charge in [0.2, 0.25) is 0 Å². The van der Waals surface area contributed by atoms with Crippen molar-refractivity contribution in [3.8, 4) is 0 Å². The molecule has 0 fully saturated rings. The first kappa shape index (κ1) is 16.9. The van der Waals surface area contributed by atoms with E-state index >= 15 is 0 Å². The fourth-order valence-corrected chi connectivity index (χ4v) is 2.60. The smallest absolute Gasteiger partial charge is 0.261 e. The third-order valence-electron chi connectivity index (χ3n) is 2.72. The van der Waals surface area contributed by atoms with Crippen molar-refractivity contribution in [3.05, 3.63) is 29.8 Å². The van der Waals surface area contributed by atoms with Gasteiger partial charge in [-0.25, -0.2) is 8.42 Å². The maximum atomic E-state index is 12.1. The number of hydrogen-bond acceptors (Lipinski definition) is 4. The maximum absolute atomic E-state index is 12.1. The third-order valence-corrected chi connectivity index (χ3v) is 4.07. The topological polar surface area (TPSA) is 72.5 Å². The minimum atomic E-state index is -3.84. The highest BCUT2D eigenvalue weighted by molar-refractivity contribution is 8.13. The van der Waals surface area contributed by atoms with E-state index in [1.807, 2.05) is 6.92 Å². The number of ether oxygens (including phenoxy) is 1. The number of hydrogen-bond donors (Lipinski definition) is 1. The highest BCUT2D eigenvalue weighted by Gasteiger charge is 2.16. The molecule has 1 rings (SSSR count). The molecule has 7 heteroatoms. The molecule has 20 heavy (non-hydrogen) atoms. The summed E-state index contributed by atoms with van der Waals surface area (Å²) in [5.41, 5.74) is 0.254. The highest BCUT2D eigenvalue weighted by Crippen LogP contribution is 2.16. The van der Waals surface area contributed by atoms with Crippen LogP contribution in [-0.4, -0.2) is 34.1 Å². The lowest BCUT2D eigenvalue weighted by molar-refractivity contribution is 0.0891. The summed E-state index contributed by atoms with van der Waals surface area (Å²) in [6.07, 6.45) is 1.69. The molecule has 112 valence electrons. The second-order valence-corrected chi connectivity index (χ2v) is 6.95. The number of rotatable bonds is 7. The minimum Gasteiger partial charge on any atom is -0.383 e. The second-order valence-electron chi connectivity index (χ2n) is 4.38. The van der Waals surface area contributed by atoms with E-state index in [9.17, 15) is 13.2 Å². The van der Waals surface area contributed by atoms with Crippen molar-refractivity contribution in [2.45, 2.75) is 30.7 Å². The second kappa shape index (κ2) is 7.61. The van der Waals surface area contributed by atoms with E-state index in [-0.39, 0.29) is 22.4 Å². The van der Waals surface area contributed by atoms with Crippen molar-refractivity contribution in [3.63, 3.8) is 0 Å². The van der Waals surface area contributed by atoms with Gasteiger partial charge in [-0.3, -0.25) is 4.79 Å². The van der Waals surface area contributed by atoms with Crippen LogP contribution in [0.5, 0.6) is 0 Å². The van der Waals surface area contributed by atoms with Gasteiger partial charge in [0, 0.05) is 23.4 Å². The zero-order valence-corrected chi connectivity index (χ0v) is 13.0. The summed E-state index contributed by atoms with van der Waals surface area (Å²) in [5.74, 6) is -0.345. The van der Waals surface area contributed by atoms with Crippen LogP contribution >= 0.6 is 10.7 Å². The molecule has 0 radical (unpaired) electrons. The molecule has 1 aromatic carbocycles. The number of carbonyl (C=O) groups excluding carboxylic acids is 1. The van der Waals surface area contributed by atoms with Crippen LogP contribution in [0.4, 0.5) is 0 Å². The van der Waals surface area contributed by atoms with E-state index in [2.05, 4.69) is 5.32 Å². The molecule has 0 aliphatic carbocycles. The van der Waals surface area contributed by atoms with Crippen LogP contribution in [0, 0.1) is 0 Å². The fraction of sp³-hybridized carbons (Fsp3) is 0.462. The van der Waals surface area contributed by atoms with E-state index in [1.165, 1.54) is 24.3 Å². The van der Waals surface area contributed by atoms with Crippen molar-refractivity contribution in [2.24, 2.45) is 0 Å². The van der Waals surface area contributed by atoms with Crippen LogP contribution in [0.15, 0.2) is 29.2 Å². The van der Waals surface area contributed by atoms with Crippen LogP contribution in [0.2, 0.25) is 0 Å². The molecule has 0 heterocycles. The third kappa shape index (κ3) is 5.11. The zero-order valence-electron chi connectivity index (χ0n) is 11.4. The monoisotopic (exact) mass is 319 g/mol. The first-order valence-corrected chi connectivity index (χ1v) is 8.54. The first-order chi connectivity index (χ1) is 9.38.